The highest BCUT2D eigenvalue weighted by atomic mass is 16.5. The van der Waals surface area contributed by atoms with E-state index in [0.717, 1.165) is 6.54 Å². The molecule has 0 aliphatic heterocycles. The molecule has 0 spiro atoms. The standard InChI is InChI=1S/C14H20N2O4/c1-18-11-6-10(7-12(19-2)13(11)20-3)16-14(17)15-8-9-4-5-9/h6-7,9H,4-5,8H2,1-3H3,(H2,15,16,17). The molecule has 2 rings (SSSR count). The zero-order valence-electron chi connectivity index (χ0n) is 12.0. The number of carbonyl (C=O) groups excluding carboxylic acids is 1. The third kappa shape index (κ3) is 3.46. The van der Waals surface area contributed by atoms with Crippen molar-refractivity contribution in [1.29, 1.82) is 0 Å². The van der Waals surface area contributed by atoms with Gasteiger partial charge in [-0.15, -0.1) is 0 Å². The molecule has 0 unspecified atom stereocenters. The number of urea groups is 1. The Labute approximate surface area is 118 Å². The van der Waals surface area contributed by atoms with Crippen LogP contribution in [0, 0.1) is 5.92 Å². The summed E-state index contributed by atoms with van der Waals surface area (Å²) in [5, 5.41) is 5.59. The molecule has 0 heterocycles. The van der Waals surface area contributed by atoms with E-state index in [4.69, 9.17) is 14.2 Å². The van der Waals surface area contributed by atoms with Crippen molar-refractivity contribution in [3.63, 3.8) is 0 Å². The maximum absolute atomic E-state index is 11.8. The molecule has 1 saturated carbocycles. The average molecular weight is 280 g/mol. The Bertz CT molecular complexity index is 461. The monoisotopic (exact) mass is 280 g/mol. The van der Waals surface area contributed by atoms with E-state index in [1.165, 1.54) is 34.2 Å². The van der Waals surface area contributed by atoms with Gasteiger partial charge in [-0.25, -0.2) is 4.79 Å². The van der Waals surface area contributed by atoms with Crippen LogP contribution in [-0.2, 0) is 0 Å². The second-order valence-electron chi connectivity index (χ2n) is 4.69. The smallest absolute Gasteiger partial charge is 0.319 e. The van der Waals surface area contributed by atoms with E-state index in [1.54, 1.807) is 12.1 Å². The van der Waals surface area contributed by atoms with Gasteiger partial charge >= 0.3 is 6.03 Å². The Morgan fingerprint density at radius 3 is 2.20 bits per heavy atom. The number of ether oxygens (including phenoxy) is 3. The summed E-state index contributed by atoms with van der Waals surface area (Å²) >= 11 is 0. The highest BCUT2D eigenvalue weighted by molar-refractivity contribution is 5.90. The topological polar surface area (TPSA) is 68.8 Å². The first-order valence-electron chi connectivity index (χ1n) is 6.52. The fourth-order valence-electron chi connectivity index (χ4n) is 1.89. The van der Waals surface area contributed by atoms with Gasteiger partial charge in [-0.2, -0.15) is 0 Å². The van der Waals surface area contributed by atoms with Gasteiger partial charge in [0.2, 0.25) is 5.75 Å². The minimum atomic E-state index is -0.230. The lowest BCUT2D eigenvalue weighted by Gasteiger charge is -2.14. The molecule has 2 N–H and O–H groups in total. The first-order chi connectivity index (χ1) is 9.67. The predicted octanol–water partition coefficient (Wildman–Crippen LogP) is 2.24. The molecule has 1 aromatic carbocycles. The van der Waals surface area contributed by atoms with Crippen molar-refractivity contribution in [1.82, 2.24) is 5.32 Å². The summed E-state index contributed by atoms with van der Waals surface area (Å²) in [6, 6.07) is 3.15. The molecule has 2 amide bonds. The predicted molar refractivity (Wildman–Crippen MR) is 75.8 cm³/mol. The Morgan fingerprint density at radius 1 is 1.15 bits per heavy atom. The number of carbonyl (C=O) groups is 1. The Morgan fingerprint density at radius 2 is 1.75 bits per heavy atom. The van der Waals surface area contributed by atoms with Gasteiger partial charge in [-0.05, 0) is 18.8 Å². The quantitative estimate of drug-likeness (QED) is 0.838. The van der Waals surface area contributed by atoms with Crippen LogP contribution in [0.5, 0.6) is 17.2 Å². The molecule has 20 heavy (non-hydrogen) atoms. The zero-order chi connectivity index (χ0) is 14.5. The molecule has 110 valence electrons. The van der Waals surface area contributed by atoms with Crippen LogP contribution >= 0.6 is 0 Å². The molecule has 0 atom stereocenters. The molecule has 6 nitrogen and oxygen atoms in total. The highest BCUT2D eigenvalue weighted by Gasteiger charge is 2.21. The number of hydrogen-bond donors (Lipinski definition) is 2. The second kappa shape index (κ2) is 6.36. The normalized spacial score (nSPS) is 13.6. The number of nitrogens with one attached hydrogen (secondary N) is 2. The van der Waals surface area contributed by atoms with E-state index in [0.29, 0.717) is 28.9 Å². The van der Waals surface area contributed by atoms with E-state index in [2.05, 4.69) is 10.6 Å². The van der Waals surface area contributed by atoms with Crippen LogP contribution in [0.25, 0.3) is 0 Å². The summed E-state index contributed by atoms with van der Waals surface area (Å²) in [5.74, 6) is 2.15. The van der Waals surface area contributed by atoms with E-state index in [1.807, 2.05) is 0 Å². The molecule has 1 aliphatic rings. The number of anilines is 1. The third-order valence-corrected chi connectivity index (χ3v) is 3.17. The third-order valence-electron chi connectivity index (χ3n) is 3.17. The summed E-state index contributed by atoms with van der Waals surface area (Å²) in [7, 11) is 4.61. The molecule has 1 aliphatic carbocycles. The summed E-state index contributed by atoms with van der Waals surface area (Å²) in [6.45, 7) is 0.719. The summed E-state index contributed by atoms with van der Waals surface area (Å²) in [5.41, 5.74) is 0.591. The maximum atomic E-state index is 11.8. The van der Waals surface area contributed by atoms with Crippen molar-refractivity contribution in [2.24, 2.45) is 5.92 Å². The number of rotatable bonds is 6. The molecule has 0 bridgehead atoms. The van der Waals surface area contributed by atoms with Crippen molar-refractivity contribution in [2.75, 3.05) is 33.2 Å². The van der Waals surface area contributed by atoms with Crippen LogP contribution < -0.4 is 24.8 Å². The maximum Gasteiger partial charge on any atom is 0.319 e. The first kappa shape index (κ1) is 14.3. The van der Waals surface area contributed by atoms with E-state index in [-0.39, 0.29) is 6.03 Å². The van der Waals surface area contributed by atoms with Gasteiger partial charge in [0.05, 0.1) is 27.0 Å². The van der Waals surface area contributed by atoms with Gasteiger partial charge < -0.3 is 24.8 Å². The molecule has 0 radical (unpaired) electrons. The van der Waals surface area contributed by atoms with Gasteiger partial charge in [-0.1, -0.05) is 0 Å². The fourth-order valence-corrected chi connectivity index (χ4v) is 1.89. The van der Waals surface area contributed by atoms with Crippen molar-refractivity contribution < 1.29 is 19.0 Å². The number of hydrogen-bond acceptors (Lipinski definition) is 4. The Hall–Kier alpha value is -2.11. The summed E-state index contributed by atoms with van der Waals surface area (Å²) in [4.78, 5) is 11.8. The Kier molecular flexibility index (Phi) is 4.55. The lowest BCUT2D eigenvalue weighted by molar-refractivity contribution is 0.251. The van der Waals surface area contributed by atoms with E-state index >= 15 is 0 Å². The SMILES string of the molecule is COc1cc(NC(=O)NCC2CC2)cc(OC)c1OC. The highest BCUT2D eigenvalue weighted by Crippen LogP contribution is 2.39. The number of benzene rings is 1. The van der Waals surface area contributed by atoms with Crippen LogP contribution in [0.15, 0.2) is 12.1 Å². The number of amides is 2. The number of methoxy groups -OCH3 is 3. The van der Waals surface area contributed by atoms with Gasteiger partial charge in [0.25, 0.3) is 0 Å². The Balaban J connectivity index is 2.07. The summed E-state index contributed by atoms with van der Waals surface area (Å²) in [6.07, 6.45) is 2.40. The van der Waals surface area contributed by atoms with Crippen LogP contribution in [0.3, 0.4) is 0 Å². The first-order valence-corrected chi connectivity index (χ1v) is 6.52. The van der Waals surface area contributed by atoms with Gasteiger partial charge in [0.15, 0.2) is 11.5 Å². The van der Waals surface area contributed by atoms with E-state index in [9.17, 15) is 4.79 Å². The minimum Gasteiger partial charge on any atom is -0.493 e. The van der Waals surface area contributed by atoms with E-state index < -0.39 is 0 Å². The van der Waals surface area contributed by atoms with Crippen LogP contribution in [0.4, 0.5) is 10.5 Å². The lowest BCUT2D eigenvalue weighted by Crippen LogP contribution is -2.30. The molecular formula is C14H20N2O4. The molecular weight excluding hydrogens is 260 g/mol. The van der Waals surface area contributed by atoms with Crippen LogP contribution in [0.1, 0.15) is 12.8 Å². The largest absolute Gasteiger partial charge is 0.493 e. The lowest BCUT2D eigenvalue weighted by atomic mass is 10.2. The molecule has 1 aromatic rings. The van der Waals surface area contributed by atoms with Crippen molar-refractivity contribution >= 4 is 11.7 Å². The van der Waals surface area contributed by atoms with Crippen molar-refractivity contribution in [3.8, 4) is 17.2 Å². The molecule has 6 heteroatoms. The van der Waals surface area contributed by atoms with Crippen molar-refractivity contribution in [2.45, 2.75) is 12.8 Å². The molecule has 1 fully saturated rings. The molecule has 0 aromatic heterocycles. The fraction of sp³-hybridized carbons (Fsp3) is 0.500. The van der Waals surface area contributed by atoms with Gasteiger partial charge in [-0.3, -0.25) is 0 Å². The molecule has 0 saturated heterocycles. The average Bonchev–Trinajstić information content (AvgIpc) is 3.28. The minimum absolute atomic E-state index is 0.230. The van der Waals surface area contributed by atoms with Gasteiger partial charge in [0.1, 0.15) is 0 Å². The van der Waals surface area contributed by atoms with Gasteiger partial charge in [0, 0.05) is 18.7 Å². The zero-order valence-corrected chi connectivity index (χ0v) is 12.0. The van der Waals surface area contributed by atoms with Crippen molar-refractivity contribution in [3.05, 3.63) is 12.1 Å². The van der Waals surface area contributed by atoms with Crippen LogP contribution in [0.2, 0.25) is 0 Å². The second-order valence-corrected chi connectivity index (χ2v) is 4.69. The van der Waals surface area contributed by atoms with Crippen LogP contribution in [-0.4, -0.2) is 33.9 Å². The summed E-state index contributed by atoms with van der Waals surface area (Å²) < 4.78 is 15.7.